The van der Waals surface area contributed by atoms with Crippen LogP contribution in [0.3, 0.4) is 0 Å². The number of ether oxygens (including phenoxy) is 1. The molecule has 0 atom stereocenters. The van der Waals surface area contributed by atoms with Gasteiger partial charge in [0.25, 0.3) is 23.4 Å². The number of rotatable bonds is 9. The van der Waals surface area contributed by atoms with E-state index >= 15 is 0 Å². The number of alkyl halides is 6. The third-order valence-electron chi connectivity index (χ3n) is 4.25. The molecule has 0 fully saturated rings. The van der Waals surface area contributed by atoms with Gasteiger partial charge in [0.1, 0.15) is 0 Å². The first kappa shape index (κ1) is 27.5. The monoisotopic (exact) mass is 546 g/mol. The molecule has 0 aliphatic heterocycles. The number of nitrogens with zero attached hydrogens (tertiary/aromatic N) is 6. The molecule has 0 unspecified atom stereocenters. The van der Waals surface area contributed by atoms with Crippen molar-refractivity contribution in [3.05, 3.63) is 74.3 Å². The number of hydrazone groups is 1. The Morgan fingerprint density at radius 3 is 1.82 bits per heavy atom. The van der Waals surface area contributed by atoms with Gasteiger partial charge in [-0.3, -0.25) is 20.2 Å². The molecule has 2 N–H and O–H groups in total. The molecule has 0 aliphatic rings. The predicted molar refractivity (Wildman–Crippen MR) is 117 cm³/mol. The van der Waals surface area contributed by atoms with Crippen LogP contribution in [0.5, 0.6) is 6.01 Å². The second kappa shape index (κ2) is 10.9. The number of non-ortho nitro benzene ring substituents is 2. The van der Waals surface area contributed by atoms with Crippen LogP contribution >= 0.6 is 0 Å². The lowest BCUT2D eigenvalue weighted by Gasteiger charge is -2.22. The first-order chi connectivity index (χ1) is 17.7. The minimum absolute atomic E-state index is 0.0799. The van der Waals surface area contributed by atoms with E-state index in [9.17, 15) is 46.6 Å². The van der Waals surface area contributed by atoms with Crippen LogP contribution < -0.4 is 15.5 Å². The van der Waals surface area contributed by atoms with E-state index in [4.69, 9.17) is 0 Å². The van der Waals surface area contributed by atoms with Gasteiger partial charge in [-0.05, 0) is 29.8 Å². The van der Waals surface area contributed by atoms with Gasteiger partial charge in [-0.1, -0.05) is 0 Å². The fraction of sp³-hybridized carbons (Fsp3) is 0.158. The van der Waals surface area contributed by atoms with Gasteiger partial charge in [0.05, 0.1) is 16.1 Å². The zero-order chi connectivity index (χ0) is 28.1. The van der Waals surface area contributed by atoms with Crippen molar-refractivity contribution < 1.29 is 40.9 Å². The van der Waals surface area contributed by atoms with Crippen molar-refractivity contribution in [1.82, 2.24) is 15.0 Å². The Bertz CT molecular complexity index is 1320. The number of halogens is 6. The van der Waals surface area contributed by atoms with Crippen molar-refractivity contribution >= 4 is 35.2 Å². The molecule has 2 aromatic carbocycles. The fourth-order valence-electron chi connectivity index (χ4n) is 2.58. The number of nitro groups is 2. The van der Waals surface area contributed by atoms with E-state index in [0.717, 1.165) is 30.5 Å². The Kier molecular flexibility index (Phi) is 7.87. The summed E-state index contributed by atoms with van der Waals surface area (Å²) in [5.74, 6) is -1.25. The minimum atomic E-state index is -5.86. The van der Waals surface area contributed by atoms with E-state index < -0.39 is 46.2 Å². The molecule has 0 aliphatic carbocycles. The molecular formula is C19H12F6N8O5. The molecule has 3 aromatic rings. The van der Waals surface area contributed by atoms with Gasteiger partial charge in [-0.25, -0.2) is 5.43 Å². The van der Waals surface area contributed by atoms with Crippen LogP contribution in [0.15, 0.2) is 53.6 Å². The lowest BCUT2D eigenvalue weighted by molar-refractivity contribution is -0.385. The summed E-state index contributed by atoms with van der Waals surface area (Å²) in [5, 5.41) is 27.6. The summed E-state index contributed by atoms with van der Waals surface area (Å²) in [4.78, 5) is 30.7. The number of aromatic nitrogens is 3. The number of benzene rings is 2. The molecule has 0 bridgehead atoms. The number of hydrogen-bond acceptors (Lipinski definition) is 11. The van der Waals surface area contributed by atoms with Crippen LogP contribution in [0.2, 0.25) is 0 Å². The van der Waals surface area contributed by atoms with Gasteiger partial charge < -0.3 is 10.1 Å². The Hall–Kier alpha value is -5.10. The molecule has 13 nitrogen and oxygen atoms in total. The molecule has 3 rings (SSSR count). The Balaban J connectivity index is 1.90. The average Bonchev–Trinajstić information content (AvgIpc) is 2.82. The number of nitrogens with one attached hydrogen (secondary N) is 2. The van der Waals surface area contributed by atoms with Gasteiger partial charge in [0.2, 0.25) is 5.95 Å². The summed E-state index contributed by atoms with van der Waals surface area (Å²) >= 11 is 0. The van der Waals surface area contributed by atoms with E-state index in [0.29, 0.717) is 5.56 Å². The first-order valence-electron chi connectivity index (χ1n) is 9.83. The second-order valence-corrected chi connectivity index (χ2v) is 6.99. The second-order valence-electron chi connectivity index (χ2n) is 6.99. The molecule has 1 aromatic heterocycles. The van der Waals surface area contributed by atoms with E-state index in [-0.39, 0.29) is 17.1 Å². The van der Waals surface area contributed by atoms with E-state index in [2.05, 4.69) is 35.5 Å². The summed E-state index contributed by atoms with van der Waals surface area (Å²) in [5.41, 5.74) is 2.08. The molecule has 0 saturated heterocycles. The first-order valence-corrected chi connectivity index (χ1v) is 9.83. The topological polar surface area (TPSA) is 171 Å². The molecule has 19 heteroatoms. The maximum atomic E-state index is 13.0. The number of anilines is 3. The lowest BCUT2D eigenvalue weighted by atomic mass is 10.2. The van der Waals surface area contributed by atoms with E-state index in [1.807, 2.05) is 0 Å². The van der Waals surface area contributed by atoms with Crippen LogP contribution in [0, 0.1) is 20.2 Å². The summed E-state index contributed by atoms with van der Waals surface area (Å²) in [6.45, 7) is 0. The van der Waals surface area contributed by atoms with Gasteiger partial charge in [0, 0.05) is 30.0 Å². The SMILES string of the molecule is O=[N+]([O-])c1ccc(/C=N/Nc2nc(Nc3ccc([N+](=O)[O-])cc3)nc(OC(C(F)(F)F)C(F)(F)F)n2)cc1. The Morgan fingerprint density at radius 1 is 0.816 bits per heavy atom. The van der Waals surface area contributed by atoms with Gasteiger partial charge in [-0.2, -0.15) is 46.4 Å². The highest BCUT2D eigenvalue weighted by molar-refractivity contribution is 5.80. The molecule has 200 valence electrons. The van der Waals surface area contributed by atoms with Gasteiger partial charge >= 0.3 is 18.4 Å². The fourth-order valence-corrected chi connectivity index (χ4v) is 2.58. The summed E-state index contributed by atoms with van der Waals surface area (Å²) < 4.78 is 81.7. The highest BCUT2D eigenvalue weighted by Gasteiger charge is 2.59. The van der Waals surface area contributed by atoms with E-state index in [1.54, 1.807) is 0 Å². The van der Waals surface area contributed by atoms with Crippen LogP contribution in [-0.4, -0.2) is 49.5 Å². The predicted octanol–water partition coefficient (Wildman–Crippen LogP) is 4.75. The Morgan fingerprint density at radius 2 is 1.32 bits per heavy atom. The smallest absolute Gasteiger partial charge is 0.434 e. The molecule has 0 amide bonds. The lowest BCUT2D eigenvalue weighted by Crippen LogP contribution is -2.46. The third kappa shape index (κ3) is 7.45. The zero-order valence-corrected chi connectivity index (χ0v) is 18.3. The van der Waals surface area contributed by atoms with Crippen molar-refractivity contribution in [2.45, 2.75) is 18.5 Å². The number of hydrogen-bond donors (Lipinski definition) is 2. The van der Waals surface area contributed by atoms with Crippen LogP contribution in [0.25, 0.3) is 0 Å². The minimum Gasteiger partial charge on any atom is -0.440 e. The third-order valence-corrected chi connectivity index (χ3v) is 4.25. The average molecular weight is 546 g/mol. The summed E-state index contributed by atoms with van der Waals surface area (Å²) in [6.07, 6.45) is -14.9. The van der Waals surface area contributed by atoms with Gasteiger partial charge in [-0.15, -0.1) is 0 Å². The van der Waals surface area contributed by atoms with Crippen molar-refractivity contribution in [3.63, 3.8) is 0 Å². The highest BCUT2D eigenvalue weighted by Crippen LogP contribution is 2.36. The highest BCUT2D eigenvalue weighted by atomic mass is 19.4. The molecule has 0 radical (unpaired) electrons. The van der Waals surface area contributed by atoms with Crippen LogP contribution in [-0.2, 0) is 0 Å². The zero-order valence-electron chi connectivity index (χ0n) is 18.3. The van der Waals surface area contributed by atoms with Crippen molar-refractivity contribution in [3.8, 4) is 6.01 Å². The maximum Gasteiger partial charge on any atom is 0.434 e. The van der Waals surface area contributed by atoms with Crippen LogP contribution in [0.1, 0.15) is 5.56 Å². The quantitative estimate of drug-likeness (QED) is 0.165. The largest absolute Gasteiger partial charge is 0.440 e. The van der Waals surface area contributed by atoms with Gasteiger partial charge in [0.15, 0.2) is 0 Å². The summed E-state index contributed by atoms with van der Waals surface area (Å²) in [7, 11) is 0. The van der Waals surface area contributed by atoms with Crippen molar-refractivity contribution in [2.24, 2.45) is 5.10 Å². The maximum absolute atomic E-state index is 13.0. The normalized spacial score (nSPS) is 12.0. The van der Waals surface area contributed by atoms with Crippen molar-refractivity contribution in [2.75, 3.05) is 10.7 Å². The molecule has 1 heterocycles. The number of nitro benzene ring substituents is 2. The van der Waals surface area contributed by atoms with Crippen LogP contribution in [0.4, 0.5) is 55.3 Å². The molecule has 0 saturated carbocycles. The molecule has 38 heavy (non-hydrogen) atoms. The van der Waals surface area contributed by atoms with Crippen molar-refractivity contribution in [1.29, 1.82) is 0 Å². The standard InChI is InChI=1S/C19H12F6N8O5/c20-18(21,22)14(19(23,24)25)38-17-29-15(27-11-3-7-13(8-4-11)33(36)37)28-16(30-17)31-26-9-10-1-5-12(6-2-10)32(34)35/h1-9,14H,(H2,27,28,29,30,31)/b26-9+. The Labute approximate surface area is 206 Å². The van der Waals surface area contributed by atoms with E-state index in [1.165, 1.54) is 24.3 Å². The molecule has 0 spiro atoms. The summed E-state index contributed by atoms with van der Waals surface area (Å²) in [6, 6.07) is 8.06. The molecular weight excluding hydrogens is 534 g/mol.